The van der Waals surface area contributed by atoms with Gasteiger partial charge in [-0.25, -0.2) is 0 Å². The highest BCUT2D eigenvalue weighted by Gasteiger charge is 2.25. The summed E-state index contributed by atoms with van der Waals surface area (Å²) in [7, 11) is 0. The smallest absolute Gasteiger partial charge is 0.0561 e. The Morgan fingerprint density at radius 1 is 1.35 bits per heavy atom. The van der Waals surface area contributed by atoms with E-state index in [4.69, 9.17) is 4.74 Å². The molecule has 2 heterocycles. The molecule has 0 saturated carbocycles. The van der Waals surface area contributed by atoms with Gasteiger partial charge in [0, 0.05) is 25.2 Å². The van der Waals surface area contributed by atoms with Crippen molar-refractivity contribution >= 4 is 0 Å². The highest BCUT2D eigenvalue weighted by atomic mass is 16.5. The Bertz CT molecular complexity index is 232. The van der Waals surface area contributed by atoms with Gasteiger partial charge in [-0.1, -0.05) is 0 Å². The summed E-state index contributed by atoms with van der Waals surface area (Å²) >= 11 is 0. The van der Waals surface area contributed by atoms with Crippen molar-refractivity contribution in [1.82, 2.24) is 10.2 Å². The molecule has 0 aromatic rings. The minimum absolute atomic E-state index is 0.442. The van der Waals surface area contributed by atoms with E-state index in [0.29, 0.717) is 18.2 Å². The number of likely N-dealkylation sites (tertiary alicyclic amines) is 1. The first-order chi connectivity index (χ1) is 8.15. The summed E-state index contributed by atoms with van der Waals surface area (Å²) in [6.45, 7) is 11.5. The number of ether oxygens (including phenoxy) is 1. The second-order valence-electron chi connectivity index (χ2n) is 6.05. The van der Waals surface area contributed by atoms with Gasteiger partial charge >= 0.3 is 0 Å². The van der Waals surface area contributed by atoms with Crippen LogP contribution in [0.4, 0.5) is 0 Å². The molecule has 2 aliphatic rings. The van der Waals surface area contributed by atoms with Crippen molar-refractivity contribution < 1.29 is 4.74 Å². The average molecular weight is 240 g/mol. The van der Waals surface area contributed by atoms with E-state index in [2.05, 4.69) is 31.0 Å². The summed E-state index contributed by atoms with van der Waals surface area (Å²) in [5, 5.41) is 3.75. The fourth-order valence-corrected chi connectivity index (χ4v) is 3.02. The van der Waals surface area contributed by atoms with Crippen molar-refractivity contribution in [2.45, 2.75) is 58.2 Å². The van der Waals surface area contributed by atoms with Crippen LogP contribution in [0.1, 0.15) is 40.0 Å². The topological polar surface area (TPSA) is 24.5 Å². The van der Waals surface area contributed by atoms with Crippen LogP contribution in [0, 0.1) is 5.92 Å². The van der Waals surface area contributed by atoms with Gasteiger partial charge in [0.15, 0.2) is 0 Å². The number of nitrogens with zero attached hydrogens (tertiary/aromatic N) is 1. The SMILES string of the molecule is CC1CC(NCC2CCN(C(C)C)C2)CCO1. The molecule has 0 bridgehead atoms. The number of nitrogens with one attached hydrogen (secondary N) is 1. The first-order valence-corrected chi connectivity index (χ1v) is 7.24. The predicted octanol–water partition coefficient (Wildman–Crippen LogP) is 1.87. The molecule has 3 heteroatoms. The Balaban J connectivity index is 1.65. The Morgan fingerprint density at radius 2 is 2.18 bits per heavy atom. The first kappa shape index (κ1) is 13.3. The number of hydrogen-bond donors (Lipinski definition) is 1. The van der Waals surface area contributed by atoms with Crippen LogP contribution in [0.2, 0.25) is 0 Å². The maximum Gasteiger partial charge on any atom is 0.0561 e. The summed E-state index contributed by atoms with van der Waals surface area (Å²) < 4.78 is 5.58. The molecule has 2 saturated heterocycles. The minimum Gasteiger partial charge on any atom is -0.378 e. The van der Waals surface area contributed by atoms with E-state index in [1.165, 1.54) is 38.9 Å². The third-order valence-corrected chi connectivity index (χ3v) is 4.23. The van der Waals surface area contributed by atoms with E-state index in [9.17, 15) is 0 Å². The Hall–Kier alpha value is -0.120. The second-order valence-corrected chi connectivity index (χ2v) is 6.05. The quantitative estimate of drug-likeness (QED) is 0.812. The lowest BCUT2D eigenvalue weighted by Gasteiger charge is -2.29. The van der Waals surface area contributed by atoms with Crippen molar-refractivity contribution in [2.75, 3.05) is 26.2 Å². The molecule has 1 N–H and O–H groups in total. The maximum absolute atomic E-state index is 5.58. The van der Waals surface area contributed by atoms with Crippen LogP contribution in [0.3, 0.4) is 0 Å². The molecule has 0 aromatic heterocycles. The van der Waals surface area contributed by atoms with Gasteiger partial charge in [0.2, 0.25) is 0 Å². The van der Waals surface area contributed by atoms with Crippen molar-refractivity contribution in [3.05, 3.63) is 0 Å². The van der Waals surface area contributed by atoms with Crippen molar-refractivity contribution in [2.24, 2.45) is 5.92 Å². The molecular weight excluding hydrogens is 212 g/mol. The lowest BCUT2D eigenvalue weighted by Crippen LogP contribution is -2.40. The Kier molecular flexibility index (Phi) is 4.83. The molecule has 3 unspecified atom stereocenters. The standard InChI is InChI=1S/C14H28N2O/c1-11(2)16-6-4-13(10-16)9-15-14-5-7-17-12(3)8-14/h11-15H,4-10H2,1-3H3. The van der Waals surface area contributed by atoms with Crippen LogP contribution in [0.5, 0.6) is 0 Å². The van der Waals surface area contributed by atoms with Crippen LogP contribution < -0.4 is 5.32 Å². The molecule has 3 atom stereocenters. The predicted molar refractivity (Wildman–Crippen MR) is 71.3 cm³/mol. The average Bonchev–Trinajstić information content (AvgIpc) is 2.75. The van der Waals surface area contributed by atoms with Gasteiger partial charge < -0.3 is 15.0 Å². The van der Waals surface area contributed by atoms with Gasteiger partial charge in [-0.15, -0.1) is 0 Å². The van der Waals surface area contributed by atoms with E-state index < -0.39 is 0 Å². The lowest BCUT2D eigenvalue weighted by molar-refractivity contribution is 0.0128. The molecule has 0 aliphatic carbocycles. The Labute approximate surface area is 106 Å². The molecule has 0 radical (unpaired) electrons. The van der Waals surface area contributed by atoms with Gasteiger partial charge in [0.05, 0.1) is 6.10 Å². The molecule has 0 aromatic carbocycles. The monoisotopic (exact) mass is 240 g/mol. The van der Waals surface area contributed by atoms with Gasteiger partial charge in [0.25, 0.3) is 0 Å². The summed E-state index contributed by atoms with van der Waals surface area (Å²) in [5.41, 5.74) is 0. The molecule has 3 nitrogen and oxygen atoms in total. The van der Waals surface area contributed by atoms with Crippen LogP contribution >= 0.6 is 0 Å². The zero-order valence-electron chi connectivity index (χ0n) is 11.6. The van der Waals surface area contributed by atoms with Gasteiger partial charge in [-0.05, 0) is 59.0 Å². The molecule has 2 aliphatic heterocycles. The molecule has 0 spiro atoms. The third kappa shape index (κ3) is 3.94. The van der Waals surface area contributed by atoms with E-state index >= 15 is 0 Å². The third-order valence-electron chi connectivity index (χ3n) is 4.23. The highest BCUT2D eigenvalue weighted by Crippen LogP contribution is 2.19. The van der Waals surface area contributed by atoms with E-state index in [-0.39, 0.29) is 0 Å². The zero-order valence-corrected chi connectivity index (χ0v) is 11.6. The van der Waals surface area contributed by atoms with Gasteiger partial charge in [-0.3, -0.25) is 0 Å². The van der Waals surface area contributed by atoms with Crippen molar-refractivity contribution in [3.63, 3.8) is 0 Å². The summed E-state index contributed by atoms with van der Waals surface area (Å²) in [6.07, 6.45) is 4.17. The van der Waals surface area contributed by atoms with E-state index in [1.807, 2.05) is 0 Å². The lowest BCUT2D eigenvalue weighted by atomic mass is 10.0. The highest BCUT2D eigenvalue weighted by molar-refractivity contribution is 4.82. The summed E-state index contributed by atoms with van der Waals surface area (Å²) in [5.74, 6) is 0.857. The largest absolute Gasteiger partial charge is 0.378 e. The minimum atomic E-state index is 0.442. The van der Waals surface area contributed by atoms with E-state index in [1.54, 1.807) is 0 Å². The maximum atomic E-state index is 5.58. The normalized spacial score (nSPS) is 35.6. The zero-order chi connectivity index (χ0) is 12.3. The summed E-state index contributed by atoms with van der Waals surface area (Å²) in [6, 6.07) is 1.40. The molecule has 100 valence electrons. The van der Waals surface area contributed by atoms with Crippen LogP contribution in [-0.2, 0) is 4.74 Å². The second kappa shape index (κ2) is 6.17. The fraction of sp³-hybridized carbons (Fsp3) is 1.00. The van der Waals surface area contributed by atoms with Crippen LogP contribution in [0.25, 0.3) is 0 Å². The number of hydrogen-bond acceptors (Lipinski definition) is 3. The molecule has 0 amide bonds. The molecule has 2 fully saturated rings. The molecule has 2 rings (SSSR count). The van der Waals surface area contributed by atoms with E-state index in [0.717, 1.165) is 12.5 Å². The van der Waals surface area contributed by atoms with Crippen LogP contribution in [-0.4, -0.2) is 49.3 Å². The van der Waals surface area contributed by atoms with Crippen molar-refractivity contribution in [3.8, 4) is 0 Å². The van der Waals surface area contributed by atoms with Crippen LogP contribution in [0.15, 0.2) is 0 Å². The summed E-state index contributed by atoms with van der Waals surface area (Å²) in [4.78, 5) is 2.60. The van der Waals surface area contributed by atoms with Gasteiger partial charge in [0.1, 0.15) is 0 Å². The molecular formula is C14H28N2O. The number of rotatable bonds is 4. The first-order valence-electron chi connectivity index (χ1n) is 7.24. The van der Waals surface area contributed by atoms with Crippen molar-refractivity contribution in [1.29, 1.82) is 0 Å². The Morgan fingerprint density at radius 3 is 2.82 bits per heavy atom. The molecule has 17 heavy (non-hydrogen) atoms. The fourth-order valence-electron chi connectivity index (χ4n) is 3.02. The van der Waals surface area contributed by atoms with Gasteiger partial charge in [-0.2, -0.15) is 0 Å².